The van der Waals surface area contributed by atoms with Gasteiger partial charge in [-0.1, -0.05) is 13.3 Å². The van der Waals surface area contributed by atoms with Gasteiger partial charge in [-0.2, -0.15) is 0 Å². The van der Waals surface area contributed by atoms with Gasteiger partial charge in [-0.25, -0.2) is 4.98 Å². The highest BCUT2D eigenvalue weighted by atomic mass is 16.4. The van der Waals surface area contributed by atoms with Crippen molar-refractivity contribution in [2.24, 2.45) is 5.41 Å². The van der Waals surface area contributed by atoms with Crippen molar-refractivity contribution in [3.05, 3.63) is 18.2 Å². The number of carbonyl (C=O) groups excluding carboxylic acids is 1. The first-order valence-corrected chi connectivity index (χ1v) is 6.60. The fourth-order valence-corrected chi connectivity index (χ4v) is 2.81. The van der Waals surface area contributed by atoms with Crippen molar-refractivity contribution in [2.45, 2.75) is 32.6 Å². The summed E-state index contributed by atoms with van der Waals surface area (Å²) in [7, 11) is 0. The van der Waals surface area contributed by atoms with Crippen LogP contribution in [0, 0.1) is 5.41 Å². The monoisotopic (exact) mass is 265 g/mol. The topological polar surface area (TPSA) is 86.3 Å². The molecule has 1 aromatic rings. The molecule has 19 heavy (non-hydrogen) atoms. The van der Waals surface area contributed by atoms with Gasteiger partial charge in [0.1, 0.15) is 5.69 Å². The summed E-state index contributed by atoms with van der Waals surface area (Å²) < 4.78 is 0. The maximum atomic E-state index is 12.2. The Hall–Kier alpha value is -1.85. The van der Waals surface area contributed by atoms with Crippen LogP contribution in [-0.2, 0) is 4.79 Å². The average molecular weight is 265 g/mol. The molecule has 0 bridgehead atoms. The number of nitrogens with one attached hydrogen (secondary N) is 1. The third-order valence-electron chi connectivity index (χ3n) is 3.77. The highest BCUT2D eigenvalue weighted by Crippen LogP contribution is 2.35. The van der Waals surface area contributed by atoms with Crippen LogP contribution in [0.25, 0.3) is 0 Å². The second kappa shape index (κ2) is 5.42. The number of carboxylic acid groups (broad SMARTS) is 1. The summed E-state index contributed by atoms with van der Waals surface area (Å²) in [6.07, 6.45) is 5.70. The smallest absolute Gasteiger partial charge is 0.311 e. The molecule has 1 aromatic heterocycles. The predicted octanol–water partition coefficient (Wildman–Crippen LogP) is 1.52. The third kappa shape index (κ3) is 2.62. The molecule has 2 N–H and O–H groups in total. The minimum absolute atomic E-state index is 0.168. The number of aromatic nitrogens is 2. The number of H-pyrrole nitrogens is 1. The van der Waals surface area contributed by atoms with Crippen LogP contribution in [0.5, 0.6) is 0 Å². The van der Waals surface area contributed by atoms with Crippen LogP contribution in [0.4, 0.5) is 0 Å². The first kappa shape index (κ1) is 13.6. The normalized spacial score (nSPS) is 23.3. The maximum absolute atomic E-state index is 12.2. The van der Waals surface area contributed by atoms with E-state index in [2.05, 4.69) is 9.97 Å². The Balaban J connectivity index is 2.16. The molecule has 1 amide bonds. The van der Waals surface area contributed by atoms with Crippen LogP contribution in [0.15, 0.2) is 12.5 Å². The van der Waals surface area contributed by atoms with Crippen molar-refractivity contribution in [3.8, 4) is 0 Å². The van der Waals surface area contributed by atoms with Gasteiger partial charge in [-0.05, 0) is 19.3 Å². The molecule has 1 aliphatic heterocycles. The van der Waals surface area contributed by atoms with Crippen molar-refractivity contribution in [2.75, 3.05) is 13.1 Å². The molecule has 104 valence electrons. The minimum Gasteiger partial charge on any atom is -0.481 e. The molecule has 0 spiro atoms. The summed E-state index contributed by atoms with van der Waals surface area (Å²) >= 11 is 0. The van der Waals surface area contributed by atoms with Gasteiger partial charge < -0.3 is 15.0 Å². The Morgan fingerprint density at radius 1 is 1.58 bits per heavy atom. The van der Waals surface area contributed by atoms with Crippen LogP contribution in [-0.4, -0.2) is 44.9 Å². The second-order valence-corrected chi connectivity index (χ2v) is 5.13. The molecular weight excluding hydrogens is 246 g/mol. The zero-order valence-corrected chi connectivity index (χ0v) is 11.1. The molecule has 2 heterocycles. The summed E-state index contributed by atoms with van der Waals surface area (Å²) in [6.45, 7) is 2.87. The predicted molar refractivity (Wildman–Crippen MR) is 68.7 cm³/mol. The van der Waals surface area contributed by atoms with E-state index in [0.29, 0.717) is 25.1 Å². The number of nitrogens with zero attached hydrogens (tertiary/aromatic N) is 2. The molecule has 0 aromatic carbocycles. The van der Waals surface area contributed by atoms with Crippen LogP contribution in [0.2, 0.25) is 0 Å². The van der Waals surface area contributed by atoms with E-state index in [9.17, 15) is 14.7 Å². The van der Waals surface area contributed by atoms with Gasteiger partial charge in [0.05, 0.1) is 17.9 Å². The number of carboxylic acids is 1. The lowest BCUT2D eigenvalue weighted by atomic mass is 9.76. The second-order valence-electron chi connectivity index (χ2n) is 5.13. The molecular formula is C13H19N3O3. The Bertz CT molecular complexity index is 454. The number of rotatable bonds is 4. The summed E-state index contributed by atoms with van der Waals surface area (Å²) in [5, 5.41) is 9.49. The van der Waals surface area contributed by atoms with Crippen molar-refractivity contribution in [3.63, 3.8) is 0 Å². The molecule has 1 atom stereocenters. The average Bonchev–Trinajstić information content (AvgIpc) is 2.92. The highest BCUT2D eigenvalue weighted by Gasteiger charge is 2.43. The number of aromatic amines is 1. The molecule has 0 radical (unpaired) electrons. The van der Waals surface area contributed by atoms with Gasteiger partial charge >= 0.3 is 5.97 Å². The number of carbonyl (C=O) groups is 2. The van der Waals surface area contributed by atoms with Crippen molar-refractivity contribution in [1.29, 1.82) is 0 Å². The van der Waals surface area contributed by atoms with Gasteiger partial charge in [0.25, 0.3) is 5.91 Å². The molecule has 2 rings (SSSR count). The van der Waals surface area contributed by atoms with E-state index in [1.54, 1.807) is 4.90 Å². The van der Waals surface area contributed by atoms with Crippen LogP contribution < -0.4 is 0 Å². The number of imidazole rings is 1. The Morgan fingerprint density at radius 3 is 2.95 bits per heavy atom. The van der Waals surface area contributed by atoms with Crippen molar-refractivity contribution >= 4 is 11.9 Å². The van der Waals surface area contributed by atoms with Gasteiger partial charge in [0.15, 0.2) is 0 Å². The summed E-state index contributed by atoms with van der Waals surface area (Å²) in [5.41, 5.74) is -0.374. The lowest BCUT2D eigenvalue weighted by Gasteiger charge is -2.39. The summed E-state index contributed by atoms with van der Waals surface area (Å²) in [5.74, 6) is -0.963. The fourth-order valence-electron chi connectivity index (χ4n) is 2.81. The molecule has 6 heteroatoms. The quantitative estimate of drug-likeness (QED) is 0.864. The van der Waals surface area contributed by atoms with E-state index in [4.69, 9.17) is 0 Å². The molecule has 6 nitrogen and oxygen atoms in total. The van der Waals surface area contributed by atoms with Crippen LogP contribution >= 0.6 is 0 Å². The minimum atomic E-state index is -0.795. The van der Waals surface area contributed by atoms with E-state index in [1.165, 1.54) is 12.5 Å². The SMILES string of the molecule is CCCC1(C(=O)O)CCCN(C(=O)c2cnc[nH]2)C1. The lowest BCUT2D eigenvalue weighted by molar-refractivity contribution is -0.152. The number of likely N-dealkylation sites (tertiary alicyclic amines) is 1. The van der Waals surface area contributed by atoms with Gasteiger partial charge in [0.2, 0.25) is 0 Å². The Morgan fingerprint density at radius 2 is 2.37 bits per heavy atom. The van der Waals surface area contributed by atoms with Crippen molar-refractivity contribution in [1.82, 2.24) is 14.9 Å². The zero-order chi connectivity index (χ0) is 13.9. The van der Waals surface area contributed by atoms with E-state index in [1.807, 2.05) is 6.92 Å². The first-order valence-electron chi connectivity index (χ1n) is 6.60. The summed E-state index contributed by atoms with van der Waals surface area (Å²) in [6, 6.07) is 0. The summed E-state index contributed by atoms with van der Waals surface area (Å²) in [4.78, 5) is 32.0. The number of aliphatic carboxylic acids is 1. The lowest BCUT2D eigenvalue weighted by Crippen LogP contribution is -2.50. The number of amides is 1. The van der Waals surface area contributed by atoms with Gasteiger partial charge in [0, 0.05) is 13.1 Å². The van der Waals surface area contributed by atoms with Gasteiger partial charge in [-0.3, -0.25) is 9.59 Å². The van der Waals surface area contributed by atoms with E-state index in [-0.39, 0.29) is 12.5 Å². The molecule has 1 aliphatic rings. The number of piperidine rings is 1. The maximum Gasteiger partial charge on any atom is 0.311 e. The van der Waals surface area contributed by atoms with Crippen molar-refractivity contribution < 1.29 is 14.7 Å². The van der Waals surface area contributed by atoms with E-state index >= 15 is 0 Å². The van der Waals surface area contributed by atoms with Gasteiger partial charge in [-0.15, -0.1) is 0 Å². The van der Waals surface area contributed by atoms with E-state index in [0.717, 1.165) is 12.8 Å². The molecule has 0 saturated carbocycles. The Labute approximate surface area is 111 Å². The Kier molecular flexibility index (Phi) is 3.87. The molecule has 0 aliphatic carbocycles. The van der Waals surface area contributed by atoms with Crippen LogP contribution in [0.1, 0.15) is 43.1 Å². The third-order valence-corrected chi connectivity index (χ3v) is 3.77. The van der Waals surface area contributed by atoms with Crippen LogP contribution in [0.3, 0.4) is 0 Å². The number of hydrogen-bond acceptors (Lipinski definition) is 3. The molecule has 1 saturated heterocycles. The zero-order valence-electron chi connectivity index (χ0n) is 11.1. The largest absolute Gasteiger partial charge is 0.481 e. The molecule has 1 unspecified atom stereocenters. The highest BCUT2D eigenvalue weighted by molar-refractivity contribution is 5.92. The fraction of sp³-hybridized carbons (Fsp3) is 0.615. The standard InChI is InChI=1S/C13H19N3O3/c1-2-4-13(12(18)19)5-3-6-16(8-13)11(17)10-7-14-9-15-10/h7,9H,2-6,8H2,1H3,(H,14,15)(H,18,19). The first-order chi connectivity index (χ1) is 9.09. The number of hydrogen-bond donors (Lipinski definition) is 2. The van der Waals surface area contributed by atoms with E-state index < -0.39 is 11.4 Å². The molecule has 1 fully saturated rings.